The van der Waals surface area contributed by atoms with Gasteiger partial charge in [-0.05, 0) is 51.2 Å². The SMILES string of the molecule is Cc1cc(-c2csc(N3CCN(C)CC3)n2)c(C)n1-c1ccc(S(N)(=O)=O)cc1. The second-order valence-corrected chi connectivity index (χ2v) is 9.86. The monoisotopic (exact) mass is 431 g/mol. The molecular weight excluding hydrogens is 406 g/mol. The summed E-state index contributed by atoms with van der Waals surface area (Å²) in [5.74, 6) is 0. The van der Waals surface area contributed by atoms with Crippen LogP contribution in [0, 0.1) is 13.8 Å². The van der Waals surface area contributed by atoms with E-state index in [0.29, 0.717) is 0 Å². The summed E-state index contributed by atoms with van der Waals surface area (Å²) in [7, 11) is -1.55. The van der Waals surface area contributed by atoms with Gasteiger partial charge in [0.05, 0.1) is 10.6 Å². The highest BCUT2D eigenvalue weighted by Gasteiger charge is 2.20. The average Bonchev–Trinajstić information content (AvgIpc) is 3.26. The third kappa shape index (κ3) is 3.95. The fourth-order valence-electron chi connectivity index (χ4n) is 3.74. The van der Waals surface area contributed by atoms with Gasteiger partial charge >= 0.3 is 0 Å². The fourth-order valence-corrected chi connectivity index (χ4v) is 5.13. The Hall–Kier alpha value is -2.20. The van der Waals surface area contributed by atoms with Crippen molar-refractivity contribution in [2.75, 3.05) is 38.1 Å². The van der Waals surface area contributed by atoms with Crippen LogP contribution in [0.2, 0.25) is 0 Å². The fraction of sp³-hybridized carbons (Fsp3) is 0.350. The van der Waals surface area contributed by atoms with Crippen molar-refractivity contribution in [2.24, 2.45) is 5.14 Å². The van der Waals surface area contributed by atoms with Crippen LogP contribution >= 0.6 is 11.3 Å². The van der Waals surface area contributed by atoms with E-state index in [1.165, 1.54) is 12.1 Å². The Balaban J connectivity index is 1.64. The van der Waals surface area contributed by atoms with Crippen LogP contribution in [0.25, 0.3) is 16.9 Å². The van der Waals surface area contributed by atoms with Gasteiger partial charge in [-0.1, -0.05) is 0 Å². The zero-order chi connectivity index (χ0) is 20.8. The molecule has 1 fully saturated rings. The Morgan fingerprint density at radius 3 is 2.34 bits per heavy atom. The molecule has 3 aromatic rings. The number of piperazine rings is 1. The van der Waals surface area contributed by atoms with E-state index >= 15 is 0 Å². The molecule has 0 amide bonds. The van der Waals surface area contributed by atoms with Crippen molar-refractivity contribution in [3.8, 4) is 16.9 Å². The number of sulfonamides is 1. The van der Waals surface area contributed by atoms with Gasteiger partial charge in [-0.3, -0.25) is 0 Å². The lowest BCUT2D eigenvalue weighted by Crippen LogP contribution is -2.44. The molecule has 4 rings (SSSR count). The minimum Gasteiger partial charge on any atom is -0.346 e. The number of hydrogen-bond donors (Lipinski definition) is 1. The Morgan fingerprint density at radius 1 is 1.07 bits per heavy atom. The van der Waals surface area contributed by atoms with E-state index in [-0.39, 0.29) is 4.90 Å². The summed E-state index contributed by atoms with van der Waals surface area (Å²) in [6, 6.07) is 8.77. The molecule has 1 aromatic carbocycles. The summed E-state index contributed by atoms with van der Waals surface area (Å²) < 4.78 is 25.1. The molecule has 0 radical (unpaired) electrons. The van der Waals surface area contributed by atoms with Gasteiger partial charge in [0.25, 0.3) is 0 Å². The summed E-state index contributed by atoms with van der Waals surface area (Å²) in [6.45, 7) is 8.20. The lowest BCUT2D eigenvalue weighted by atomic mass is 10.2. The van der Waals surface area contributed by atoms with Crippen LogP contribution in [0.3, 0.4) is 0 Å². The van der Waals surface area contributed by atoms with E-state index in [9.17, 15) is 8.42 Å². The highest BCUT2D eigenvalue weighted by Crippen LogP contribution is 2.33. The molecule has 2 N–H and O–H groups in total. The van der Waals surface area contributed by atoms with Gasteiger partial charge in [-0.15, -0.1) is 11.3 Å². The summed E-state index contributed by atoms with van der Waals surface area (Å²) in [6.07, 6.45) is 0. The maximum absolute atomic E-state index is 11.5. The Kier molecular flexibility index (Phi) is 5.24. The third-order valence-electron chi connectivity index (χ3n) is 5.40. The van der Waals surface area contributed by atoms with Gasteiger partial charge in [0.2, 0.25) is 10.0 Å². The number of benzene rings is 1. The molecule has 1 aliphatic rings. The van der Waals surface area contributed by atoms with Crippen molar-refractivity contribution in [1.29, 1.82) is 0 Å². The Bertz CT molecular complexity index is 1120. The molecular formula is C20H25N5O2S2. The van der Waals surface area contributed by atoms with Gasteiger partial charge in [0.15, 0.2) is 5.13 Å². The van der Waals surface area contributed by atoms with E-state index in [4.69, 9.17) is 10.1 Å². The summed E-state index contributed by atoms with van der Waals surface area (Å²) in [5.41, 5.74) is 5.10. The molecule has 0 saturated carbocycles. The number of nitrogens with two attached hydrogens (primary N) is 1. The van der Waals surface area contributed by atoms with Gasteiger partial charge in [-0.2, -0.15) is 0 Å². The number of rotatable bonds is 4. The van der Waals surface area contributed by atoms with Gasteiger partial charge < -0.3 is 14.4 Å². The number of thiazole rings is 1. The second kappa shape index (κ2) is 7.56. The molecule has 154 valence electrons. The zero-order valence-corrected chi connectivity index (χ0v) is 18.4. The van der Waals surface area contributed by atoms with Crippen LogP contribution in [0.4, 0.5) is 5.13 Å². The van der Waals surface area contributed by atoms with Crippen molar-refractivity contribution < 1.29 is 8.42 Å². The van der Waals surface area contributed by atoms with Crippen molar-refractivity contribution in [3.05, 3.63) is 47.1 Å². The molecule has 1 saturated heterocycles. The molecule has 2 aromatic heterocycles. The second-order valence-electron chi connectivity index (χ2n) is 7.46. The highest BCUT2D eigenvalue weighted by atomic mass is 32.2. The van der Waals surface area contributed by atoms with Gasteiger partial charge in [0.1, 0.15) is 0 Å². The first-order chi connectivity index (χ1) is 13.7. The van der Waals surface area contributed by atoms with Crippen molar-refractivity contribution in [2.45, 2.75) is 18.7 Å². The number of primary sulfonamides is 1. The Morgan fingerprint density at radius 2 is 1.72 bits per heavy atom. The van der Waals surface area contributed by atoms with E-state index < -0.39 is 10.0 Å². The lowest BCUT2D eigenvalue weighted by Gasteiger charge is -2.32. The van der Waals surface area contributed by atoms with Crippen LogP contribution in [0.15, 0.2) is 40.6 Å². The van der Waals surface area contributed by atoms with Crippen LogP contribution in [0.5, 0.6) is 0 Å². The molecule has 29 heavy (non-hydrogen) atoms. The lowest BCUT2D eigenvalue weighted by molar-refractivity contribution is 0.313. The normalized spacial score (nSPS) is 15.8. The summed E-state index contributed by atoms with van der Waals surface area (Å²) in [4.78, 5) is 9.69. The first kappa shape index (κ1) is 20.1. The van der Waals surface area contributed by atoms with E-state index in [1.54, 1.807) is 23.5 Å². The number of aryl methyl sites for hydroxylation is 1. The topological polar surface area (TPSA) is 84.5 Å². The predicted molar refractivity (Wildman–Crippen MR) is 117 cm³/mol. The van der Waals surface area contributed by atoms with E-state index in [2.05, 4.69) is 39.8 Å². The number of likely N-dealkylation sites (N-methyl/N-ethyl adjacent to an activating group) is 1. The number of nitrogens with zero attached hydrogens (tertiary/aromatic N) is 4. The Labute approximate surface area is 175 Å². The van der Waals surface area contributed by atoms with Crippen molar-refractivity contribution in [1.82, 2.24) is 14.5 Å². The van der Waals surface area contributed by atoms with Crippen LogP contribution in [-0.2, 0) is 10.0 Å². The van der Waals surface area contributed by atoms with Crippen molar-refractivity contribution >= 4 is 26.5 Å². The summed E-state index contributed by atoms with van der Waals surface area (Å²) in [5, 5.41) is 8.39. The molecule has 0 aliphatic carbocycles. The summed E-state index contributed by atoms with van der Waals surface area (Å²) >= 11 is 1.68. The molecule has 1 aliphatic heterocycles. The molecule has 0 bridgehead atoms. The number of aromatic nitrogens is 2. The largest absolute Gasteiger partial charge is 0.346 e. The highest BCUT2D eigenvalue weighted by molar-refractivity contribution is 7.89. The molecule has 7 nitrogen and oxygen atoms in total. The van der Waals surface area contributed by atoms with Crippen LogP contribution in [0.1, 0.15) is 11.4 Å². The maximum Gasteiger partial charge on any atom is 0.238 e. The molecule has 3 heterocycles. The van der Waals surface area contributed by atoms with Gasteiger partial charge in [0, 0.05) is 54.2 Å². The first-order valence-electron chi connectivity index (χ1n) is 9.45. The number of hydrogen-bond acceptors (Lipinski definition) is 6. The number of anilines is 1. The van der Waals surface area contributed by atoms with Gasteiger partial charge in [-0.25, -0.2) is 18.5 Å². The average molecular weight is 432 g/mol. The molecule has 9 heteroatoms. The predicted octanol–water partition coefficient (Wildman–Crippen LogP) is 2.62. The smallest absolute Gasteiger partial charge is 0.238 e. The maximum atomic E-state index is 11.5. The first-order valence-corrected chi connectivity index (χ1v) is 11.9. The van der Waals surface area contributed by atoms with Crippen LogP contribution in [-0.4, -0.2) is 56.1 Å². The van der Waals surface area contributed by atoms with Crippen LogP contribution < -0.4 is 10.0 Å². The zero-order valence-electron chi connectivity index (χ0n) is 16.8. The van der Waals surface area contributed by atoms with Crippen molar-refractivity contribution in [3.63, 3.8) is 0 Å². The minimum absolute atomic E-state index is 0.111. The minimum atomic E-state index is -3.70. The molecule has 0 unspecified atom stereocenters. The molecule has 0 atom stereocenters. The third-order valence-corrected chi connectivity index (χ3v) is 7.23. The van der Waals surface area contributed by atoms with E-state index in [0.717, 1.165) is 59.6 Å². The quantitative estimate of drug-likeness (QED) is 0.686. The standard InChI is InChI=1S/C20H25N5O2S2/c1-14-12-18(19-13-28-20(22-19)24-10-8-23(3)9-11-24)15(2)25(14)16-4-6-17(7-5-16)29(21,26)27/h4-7,12-13H,8-11H2,1-3H3,(H2,21,26,27). The molecule has 0 spiro atoms. The van der Waals surface area contributed by atoms with E-state index in [1.807, 2.05) is 6.92 Å².